The average Bonchev–Trinajstić information content (AvgIpc) is 2.74. The molecule has 0 aromatic heterocycles. The minimum Gasteiger partial charge on any atom is -0.388 e. The van der Waals surface area contributed by atoms with Crippen molar-refractivity contribution in [1.29, 1.82) is 0 Å². The second-order valence-corrected chi connectivity index (χ2v) is 4.42. The summed E-state index contributed by atoms with van der Waals surface area (Å²) >= 11 is 0. The fourth-order valence-corrected chi connectivity index (χ4v) is 2.44. The van der Waals surface area contributed by atoms with Gasteiger partial charge in [0, 0.05) is 18.6 Å². The topological polar surface area (TPSA) is 29.5 Å². The van der Waals surface area contributed by atoms with Gasteiger partial charge in [-0.05, 0) is 30.5 Å². The minimum atomic E-state index is -0.868. The highest BCUT2D eigenvalue weighted by Crippen LogP contribution is 2.35. The molecule has 0 amide bonds. The third kappa shape index (κ3) is 2.64. The number of aliphatic hydroxyl groups excluding tert-OH is 1. The molecular weight excluding hydrogens is 226 g/mol. The SMILES string of the molecule is CCC1OCCC1C(O)c1cc(F)cc(F)c1. The van der Waals surface area contributed by atoms with Crippen LogP contribution >= 0.6 is 0 Å². The van der Waals surface area contributed by atoms with Crippen LogP contribution in [-0.2, 0) is 4.74 Å². The minimum absolute atomic E-state index is 0.0312. The summed E-state index contributed by atoms with van der Waals surface area (Å²) in [4.78, 5) is 0. The Morgan fingerprint density at radius 3 is 2.59 bits per heavy atom. The molecule has 2 rings (SSSR count). The highest BCUT2D eigenvalue weighted by molar-refractivity contribution is 5.21. The van der Waals surface area contributed by atoms with Crippen molar-refractivity contribution < 1.29 is 18.6 Å². The molecule has 0 spiro atoms. The van der Waals surface area contributed by atoms with Crippen LogP contribution in [0.4, 0.5) is 8.78 Å². The monoisotopic (exact) mass is 242 g/mol. The van der Waals surface area contributed by atoms with Crippen molar-refractivity contribution in [1.82, 2.24) is 0 Å². The molecule has 1 heterocycles. The molecule has 1 saturated heterocycles. The largest absolute Gasteiger partial charge is 0.388 e. The summed E-state index contributed by atoms with van der Waals surface area (Å²) in [6.07, 6.45) is 0.612. The average molecular weight is 242 g/mol. The van der Waals surface area contributed by atoms with Gasteiger partial charge in [0.2, 0.25) is 0 Å². The van der Waals surface area contributed by atoms with Crippen LogP contribution in [-0.4, -0.2) is 17.8 Å². The maximum absolute atomic E-state index is 13.1. The molecule has 1 aromatic rings. The van der Waals surface area contributed by atoms with Crippen LogP contribution in [0.3, 0.4) is 0 Å². The second-order valence-electron chi connectivity index (χ2n) is 4.42. The van der Waals surface area contributed by atoms with Crippen LogP contribution in [0.1, 0.15) is 31.4 Å². The Kier molecular flexibility index (Phi) is 3.74. The first kappa shape index (κ1) is 12.5. The Morgan fingerprint density at radius 2 is 2.00 bits per heavy atom. The Labute approximate surface area is 99.2 Å². The highest BCUT2D eigenvalue weighted by atomic mass is 19.1. The third-order valence-corrected chi connectivity index (χ3v) is 3.29. The van der Waals surface area contributed by atoms with Crippen LogP contribution in [0.5, 0.6) is 0 Å². The van der Waals surface area contributed by atoms with E-state index >= 15 is 0 Å². The van der Waals surface area contributed by atoms with E-state index in [4.69, 9.17) is 4.74 Å². The van der Waals surface area contributed by atoms with E-state index in [1.807, 2.05) is 6.92 Å². The lowest BCUT2D eigenvalue weighted by Crippen LogP contribution is -2.22. The van der Waals surface area contributed by atoms with Gasteiger partial charge in [0.25, 0.3) is 0 Å². The smallest absolute Gasteiger partial charge is 0.126 e. The van der Waals surface area contributed by atoms with E-state index in [1.165, 1.54) is 12.1 Å². The molecule has 1 aliphatic rings. The Morgan fingerprint density at radius 1 is 1.35 bits per heavy atom. The first-order valence-electron chi connectivity index (χ1n) is 5.87. The summed E-state index contributed by atoms with van der Waals surface area (Å²) in [6, 6.07) is 3.16. The van der Waals surface area contributed by atoms with Gasteiger partial charge in [-0.3, -0.25) is 0 Å². The lowest BCUT2D eigenvalue weighted by Gasteiger charge is -2.23. The van der Waals surface area contributed by atoms with Crippen LogP contribution in [0, 0.1) is 17.6 Å². The van der Waals surface area contributed by atoms with Gasteiger partial charge in [0.1, 0.15) is 11.6 Å². The number of benzene rings is 1. The number of hydrogen-bond donors (Lipinski definition) is 1. The number of rotatable bonds is 3. The molecule has 4 heteroatoms. The van der Waals surface area contributed by atoms with Crippen LogP contribution in [0.2, 0.25) is 0 Å². The van der Waals surface area contributed by atoms with Gasteiger partial charge in [0.05, 0.1) is 12.2 Å². The number of aliphatic hydroxyl groups is 1. The highest BCUT2D eigenvalue weighted by Gasteiger charge is 2.33. The summed E-state index contributed by atoms with van der Waals surface area (Å²) in [6.45, 7) is 2.57. The van der Waals surface area contributed by atoms with Crippen LogP contribution in [0.15, 0.2) is 18.2 Å². The Hall–Kier alpha value is -1.00. The molecule has 0 aliphatic carbocycles. The molecule has 3 atom stereocenters. The van der Waals surface area contributed by atoms with Crippen molar-refractivity contribution in [2.24, 2.45) is 5.92 Å². The van der Waals surface area contributed by atoms with Crippen molar-refractivity contribution in [2.75, 3.05) is 6.61 Å². The summed E-state index contributed by atoms with van der Waals surface area (Å²) in [5, 5.41) is 10.2. The first-order chi connectivity index (χ1) is 8.11. The fraction of sp³-hybridized carbons (Fsp3) is 0.538. The number of hydrogen-bond acceptors (Lipinski definition) is 2. The first-order valence-corrected chi connectivity index (χ1v) is 5.87. The molecule has 17 heavy (non-hydrogen) atoms. The van der Waals surface area contributed by atoms with E-state index in [1.54, 1.807) is 0 Å². The molecule has 1 aliphatic heterocycles. The maximum Gasteiger partial charge on any atom is 0.126 e. The second kappa shape index (κ2) is 5.10. The summed E-state index contributed by atoms with van der Waals surface area (Å²) in [7, 11) is 0. The summed E-state index contributed by atoms with van der Waals surface area (Å²) in [5.74, 6) is -1.40. The van der Waals surface area contributed by atoms with Gasteiger partial charge in [-0.2, -0.15) is 0 Å². The van der Waals surface area contributed by atoms with Crippen molar-refractivity contribution >= 4 is 0 Å². The van der Waals surface area contributed by atoms with Gasteiger partial charge in [-0.25, -0.2) is 8.78 Å². The van der Waals surface area contributed by atoms with E-state index in [0.29, 0.717) is 6.61 Å². The molecule has 1 aromatic carbocycles. The zero-order valence-electron chi connectivity index (χ0n) is 9.70. The van der Waals surface area contributed by atoms with Gasteiger partial charge in [-0.1, -0.05) is 6.92 Å². The summed E-state index contributed by atoms with van der Waals surface area (Å²) < 4.78 is 31.6. The van der Waals surface area contributed by atoms with E-state index < -0.39 is 17.7 Å². The predicted molar refractivity (Wildman–Crippen MR) is 59.5 cm³/mol. The normalized spacial score (nSPS) is 26.1. The van der Waals surface area contributed by atoms with E-state index in [2.05, 4.69) is 0 Å². The third-order valence-electron chi connectivity index (χ3n) is 3.29. The lowest BCUT2D eigenvalue weighted by atomic mass is 9.89. The fourth-order valence-electron chi connectivity index (χ4n) is 2.44. The zero-order chi connectivity index (χ0) is 12.4. The predicted octanol–water partition coefficient (Wildman–Crippen LogP) is 2.81. The number of ether oxygens (including phenoxy) is 1. The van der Waals surface area contributed by atoms with E-state index in [0.717, 1.165) is 18.9 Å². The Bertz CT molecular complexity index is 375. The molecular formula is C13H16F2O2. The van der Waals surface area contributed by atoms with Crippen LogP contribution < -0.4 is 0 Å². The molecule has 94 valence electrons. The van der Waals surface area contributed by atoms with Crippen molar-refractivity contribution in [3.05, 3.63) is 35.4 Å². The van der Waals surface area contributed by atoms with Crippen molar-refractivity contribution in [3.63, 3.8) is 0 Å². The molecule has 0 saturated carbocycles. The maximum atomic E-state index is 13.1. The molecule has 1 N–H and O–H groups in total. The van der Waals surface area contributed by atoms with E-state index in [-0.39, 0.29) is 17.6 Å². The molecule has 2 nitrogen and oxygen atoms in total. The van der Waals surface area contributed by atoms with Gasteiger partial charge >= 0.3 is 0 Å². The quantitative estimate of drug-likeness (QED) is 0.883. The standard InChI is InChI=1S/C13H16F2O2/c1-2-12-11(3-4-17-12)13(16)8-5-9(14)7-10(15)6-8/h5-7,11-13,16H,2-4H2,1H3. The molecule has 0 radical (unpaired) electrons. The summed E-state index contributed by atoms with van der Waals surface area (Å²) in [5.41, 5.74) is 0.288. The Balaban J connectivity index is 2.21. The van der Waals surface area contributed by atoms with Gasteiger partial charge < -0.3 is 9.84 Å². The van der Waals surface area contributed by atoms with Crippen molar-refractivity contribution in [2.45, 2.75) is 32.0 Å². The van der Waals surface area contributed by atoms with Gasteiger partial charge in [0.15, 0.2) is 0 Å². The molecule has 3 unspecified atom stereocenters. The van der Waals surface area contributed by atoms with E-state index in [9.17, 15) is 13.9 Å². The molecule has 1 fully saturated rings. The van der Waals surface area contributed by atoms with Crippen LogP contribution in [0.25, 0.3) is 0 Å². The zero-order valence-corrected chi connectivity index (χ0v) is 9.70. The van der Waals surface area contributed by atoms with Gasteiger partial charge in [-0.15, -0.1) is 0 Å². The molecule has 0 bridgehead atoms. The number of halogens is 2. The lowest BCUT2D eigenvalue weighted by molar-refractivity contribution is 0.0305. The van der Waals surface area contributed by atoms with Crippen molar-refractivity contribution in [3.8, 4) is 0 Å².